The number of rotatable bonds is 6. The fraction of sp³-hybridized carbons (Fsp3) is 0.529. The molecule has 2 unspecified atom stereocenters. The molecule has 20 heavy (non-hydrogen) atoms. The van der Waals surface area contributed by atoms with Crippen LogP contribution in [0.1, 0.15) is 31.2 Å². The predicted molar refractivity (Wildman–Crippen MR) is 80.4 cm³/mol. The molecule has 0 radical (unpaired) electrons. The van der Waals surface area contributed by atoms with Gasteiger partial charge in [0.1, 0.15) is 12.4 Å². The van der Waals surface area contributed by atoms with E-state index in [1.807, 2.05) is 24.3 Å². The Balaban J connectivity index is 1.83. The number of aliphatic hydroxyl groups excluding tert-OH is 1. The first-order valence-corrected chi connectivity index (χ1v) is 7.34. The summed E-state index contributed by atoms with van der Waals surface area (Å²) in [5, 5.41) is 13.4. The average Bonchev–Trinajstić information content (AvgIpc) is 2.48. The summed E-state index contributed by atoms with van der Waals surface area (Å²) < 4.78 is 5.52. The van der Waals surface area contributed by atoms with E-state index in [0.29, 0.717) is 12.5 Å². The number of benzene rings is 1. The molecule has 108 valence electrons. The summed E-state index contributed by atoms with van der Waals surface area (Å²) in [6.45, 7) is 1.88. The molecule has 1 aliphatic rings. The van der Waals surface area contributed by atoms with Crippen LogP contribution in [0, 0.1) is 18.3 Å². The average molecular weight is 273 g/mol. The molecule has 0 saturated heterocycles. The summed E-state index contributed by atoms with van der Waals surface area (Å²) in [4.78, 5) is 0. The van der Waals surface area contributed by atoms with Gasteiger partial charge < -0.3 is 15.2 Å². The molecule has 3 heteroatoms. The van der Waals surface area contributed by atoms with E-state index < -0.39 is 0 Å². The molecule has 0 bridgehead atoms. The third-order valence-electron chi connectivity index (χ3n) is 3.87. The van der Waals surface area contributed by atoms with Crippen LogP contribution in [0.2, 0.25) is 0 Å². The standard InChI is InChI=1S/C17H23NO2/c1-2-11-20-17-10-6-4-8-15(17)13-18-12-14-7-3-5-9-16(14)19/h1,4,6,8,10,14,16,18-19H,3,5,7,9,11-13H2. The molecule has 2 atom stereocenters. The molecule has 0 amide bonds. The summed E-state index contributed by atoms with van der Waals surface area (Å²) in [6.07, 6.45) is 9.51. The zero-order chi connectivity index (χ0) is 14.2. The Hall–Kier alpha value is -1.50. The van der Waals surface area contributed by atoms with Crippen LogP contribution in [0.5, 0.6) is 5.75 Å². The van der Waals surface area contributed by atoms with Crippen molar-refractivity contribution in [3.05, 3.63) is 29.8 Å². The quantitative estimate of drug-likeness (QED) is 0.782. The number of hydrogen-bond acceptors (Lipinski definition) is 3. The highest BCUT2D eigenvalue weighted by molar-refractivity contribution is 5.33. The number of para-hydroxylation sites is 1. The van der Waals surface area contributed by atoms with Crippen molar-refractivity contribution in [2.45, 2.75) is 38.3 Å². The zero-order valence-electron chi connectivity index (χ0n) is 11.8. The summed E-state index contributed by atoms with van der Waals surface area (Å²) >= 11 is 0. The number of aliphatic hydroxyl groups is 1. The van der Waals surface area contributed by atoms with Gasteiger partial charge in [-0.3, -0.25) is 0 Å². The van der Waals surface area contributed by atoms with Crippen LogP contribution in [0.15, 0.2) is 24.3 Å². The lowest BCUT2D eigenvalue weighted by molar-refractivity contribution is 0.0695. The van der Waals surface area contributed by atoms with Crippen LogP contribution >= 0.6 is 0 Å². The highest BCUT2D eigenvalue weighted by atomic mass is 16.5. The van der Waals surface area contributed by atoms with Gasteiger partial charge in [0.15, 0.2) is 0 Å². The first-order valence-electron chi connectivity index (χ1n) is 7.34. The van der Waals surface area contributed by atoms with Gasteiger partial charge in [-0.25, -0.2) is 0 Å². The fourth-order valence-electron chi connectivity index (χ4n) is 2.73. The Morgan fingerprint density at radius 1 is 1.30 bits per heavy atom. The smallest absolute Gasteiger partial charge is 0.148 e. The minimum absolute atomic E-state index is 0.149. The van der Waals surface area contributed by atoms with Crippen LogP contribution in [0.3, 0.4) is 0 Å². The molecule has 1 fully saturated rings. The molecule has 1 aromatic rings. The van der Waals surface area contributed by atoms with Crippen molar-refractivity contribution in [2.24, 2.45) is 5.92 Å². The summed E-state index contributed by atoms with van der Waals surface area (Å²) in [7, 11) is 0. The minimum Gasteiger partial charge on any atom is -0.481 e. The predicted octanol–water partition coefficient (Wildman–Crippen LogP) is 2.34. The number of hydrogen-bond donors (Lipinski definition) is 2. The molecule has 0 spiro atoms. The van der Waals surface area contributed by atoms with E-state index in [4.69, 9.17) is 11.2 Å². The third-order valence-corrected chi connectivity index (χ3v) is 3.87. The Kier molecular flexibility index (Phi) is 5.91. The molecule has 0 aromatic heterocycles. The largest absolute Gasteiger partial charge is 0.481 e. The van der Waals surface area contributed by atoms with Gasteiger partial charge in [-0.2, -0.15) is 0 Å². The lowest BCUT2D eigenvalue weighted by Gasteiger charge is -2.27. The molecule has 3 nitrogen and oxygen atoms in total. The molecule has 0 aliphatic heterocycles. The van der Waals surface area contributed by atoms with E-state index in [2.05, 4.69) is 11.2 Å². The van der Waals surface area contributed by atoms with Crippen molar-refractivity contribution < 1.29 is 9.84 Å². The van der Waals surface area contributed by atoms with Crippen LogP contribution < -0.4 is 10.1 Å². The Bertz CT molecular complexity index is 453. The van der Waals surface area contributed by atoms with Crippen molar-refractivity contribution in [1.82, 2.24) is 5.32 Å². The molecular weight excluding hydrogens is 250 g/mol. The van der Waals surface area contributed by atoms with Gasteiger partial charge in [0.2, 0.25) is 0 Å². The minimum atomic E-state index is -0.149. The van der Waals surface area contributed by atoms with Crippen LogP contribution in [0.4, 0.5) is 0 Å². The van der Waals surface area contributed by atoms with E-state index in [-0.39, 0.29) is 6.10 Å². The summed E-state index contributed by atoms with van der Waals surface area (Å²) in [6, 6.07) is 7.91. The molecule has 0 heterocycles. The van der Waals surface area contributed by atoms with Gasteiger partial charge in [-0.05, 0) is 24.8 Å². The molecule has 1 aliphatic carbocycles. The Morgan fingerprint density at radius 3 is 2.90 bits per heavy atom. The molecule has 2 N–H and O–H groups in total. The van der Waals surface area contributed by atoms with Crippen molar-refractivity contribution in [1.29, 1.82) is 0 Å². The first-order chi connectivity index (χ1) is 9.81. The van der Waals surface area contributed by atoms with Gasteiger partial charge in [-0.1, -0.05) is 37.0 Å². The fourth-order valence-corrected chi connectivity index (χ4v) is 2.73. The highest BCUT2D eigenvalue weighted by Gasteiger charge is 2.22. The number of ether oxygens (including phenoxy) is 1. The van der Waals surface area contributed by atoms with Crippen LogP contribution in [-0.2, 0) is 6.54 Å². The highest BCUT2D eigenvalue weighted by Crippen LogP contribution is 2.24. The van der Waals surface area contributed by atoms with Crippen molar-refractivity contribution in [3.8, 4) is 18.1 Å². The normalized spacial score (nSPS) is 22.2. The number of terminal acetylenes is 1. The van der Waals surface area contributed by atoms with Crippen LogP contribution in [0.25, 0.3) is 0 Å². The van der Waals surface area contributed by atoms with Crippen LogP contribution in [-0.4, -0.2) is 24.4 Å². The van der Waals surface area contributed by atoms with E-state index in [0.717, 1.165) is 43.7 Å². The van der Waals surface area contributed by atoms with Crippen molar-refractivity contribution in [2.75, 3.05) is 13.2 Å². The van der Waals surface area contributed by atoms with Gasteiger partial charge in [-0.15, -0.1) is 6.42 Å². The SMILES string of the molecule is C#CCOc1ccccc1CNCC1CCCCC1O. The third kappa shape index (κ3) is 4.26. The Morgan fingerprint density at radius 2 is 2.10 bits per heavy atom. The van der Waals surface area contributed by atoms with Gasteiger partial charge >= 0.3 is 0 Å². The molecular formula is C17H23NO2. The molecule has 1 aromatic carbocycles. The monoisotopic (exact) mass is 273 g/mol. The molecule has 2 rings (SSSR count). The topological polar surface area (TPSA) is 41.5 Å². The van der Waals surface area contributed by atoms with Crippen molar-refractivity contribution in [3.63, 3.8) is 0 Å². The summed E-state index contributed by atoms with van der Waals surface area (Å²) in [5.74, 6) is 3.69. The Labute approximate surface area is 121 Å². The zero-order valence-corrected chi connectivity index (χ0v) is 11.8. The maximum absolute atomic E-state index is 9.95. The van der Waals surface area contributed by atoms with E-state index in [1.165, 1.54) is 6.42 Å². The van der Waals surface area contributed by atoms with E-state index in [9.17, 15) is 5.11 Å². The maximum Gasteiger partial charge on any atom is 0.148 e. The van der Waals surface area contributed by atoms with Gasteiger partial charge in [0.25, 0.3) is 0 Å². The maximum atomic E-state index is 9.95. The second-order valence-electron chi connectivity index (χ2n) is 5.34. The summed E-state index contributed by atoms with van der Waals surface area (Å²) in [5.41, 5.74) is 1.10. The van der Waals surface area contributed by atoms with Crippen molar-refractivity contribution >= 4 is 0 Å². The first kappa shape index (κ1) is 14.9. The lowest BCUT2D eigenvalue weighted by atomic mass is 9.86. The second kappa shape index (κ2) is 7.94. The lowest BCUT2D eigenvalue weighted by Crippen LogP contribution is -2.33. The van der Waals surface area contributed by atoms with Gasteiger partial charge in [0, 0.05) is 18.7 Å². The van der Waals surface area contributed by atoms with Gasteiger partial charge in [0.05, 0.1) is 6.10 Å². The van der Waals surface area contributed by atoms with E-state index >= 15 is 0 Å². The van der Waals surface area contributed by atoms with E-state index in [1.54, 1.807) is 0 Å². The number of nitrogens with one attached hydrogen (secondary N) is 1. The second-order valence-corrected chi connectivity index (χ2v) is 5.34. The molecule has 1 saturated carbocycles.